The van der Waals surface area contributed by atoms with Gasteiger partial charge in [0, 0.05) is 10.6 Å². The second-order valence-electron chi connectivity index (χ2n) is 3.64. The third-order valence-corrected chi connectivity index (χ3v) is 3.24. The van der Waals surface area contributed by atoms with Gasteiger partial charge in [-0.1, -0.05) is 40.0 Å². The molecule has 5 nitrogen and oxygen atoms in total. The lowest BCUT2D eigenvalue weighted by Gasteiger charge is -1.98. The highest BCUT2D eigenvalue weighted by Crippen LogP contribution is 2.30. The molecule has 0 atom stereocenters. The van der Waals surface area contributed by atoms with Crippen molar-refractivity contribution >= 4 is 34.8 Å². The van der Waals surface area contributed by atoms with Crippen LogP contribution in [0.15, 0.2) is 28.9 Å². The van der Waals surface area contributed by atoms with E-state index in [2.05, 4.69) is 20.3 Å². The second-order valence-corrected chi connectivity index (χ2v) is 4.89. The summed E-state index contributed by atoms with van der Waals surface area (Å²) in [6, 6.07) is 5.02. The van der Waals surface area contributed by atoms with Crippen molar-refractivity contribution in [2.24, 2.45) is 0 Å². The zero-order chi connectivity index (χ0) is 13.4. The van der Waals surface area contributed by atoms with E-state index < -0.39 is 0 Å². The predicted octanol–water partition coefficient (Wildman–Crippen LogP) is 4.09. The molecule has 0 fully saturated rings. The van der Waals surface area contributed by atoms with Gasteiger partial charge in [0.15, 0.2) is 0 Å². The van der Waals surface area contributed by atoms with Gasteiger partial charge in [0.25, 0.3) is 5.89 Å². The average molecular weight is 316 g/mol. The molecule has 1 N–H and O–H groups in total. The summed E-state index contributed by atoms with van der Waals surface area (Å²) in [6.45, 7) is 0. The average Bonchev–Trinajstić information content (AvgIpc) is 2.97. The minimum absolute atomic E-state index is 0.239. The summed E-state index contributed by atoms with van der Waals surface area (Å²) in [6.07, 6.45) is 1.45. The molecule has 0 bridgehead atoms. The molecule has 0 saturated heterocycles. The van der Waals surface area contributed by atoms with Gasteiger partial charge in [-0.3, -0.25) is 5.10 Å². The first-order valence-corrected chi connectivity index (χ1v) is 6.27. The molecule has 0 aliphatic carbocycles. The number of nitrogens with one attached hydrogen (secondary N) is 1. The van der Waals surface area contributed by atoms with Gasteiger partial charge >= 0.3 is 0 Å². The summed E-state index contributed by atoms with van der Waals surface area (Å²) >= 11 is 17.8. The fraction of sp³-hybridized carbons (Fsp3) is 0. The van der Waals surface area contributed by atoms with E-state index in [0.29, 0.717) is 32.1 Å². The lowest BCUT2D eigenvalue weighted by Crippen LogP contribution is -1.83. The van der Waals surface area contributed by atoms with E-state index in [9.17, 15) is 0 Å². The summed E-state index contributed by atoms with van der Waals surface area (Å²) < 4.78 is 5.12. The SMILES string of the molecule is Clc1ccc(-c2noc(-c3[nH]ncc3Cl)n2)c(Cl)c1. The molecule has 0 saturated carbocycles. The Morgan fingerprint density at radius 1 is 1.11 bits per heavy atom. The maximum atomic E-state index is 6.08. The van der Waals surface area contributed by atoms with Crippen molar-refractivity contribution in [3.63, 3.8) is 0 Å². The van der Waals surface area contributed by atoms with Gasteiger partial charge in [0.1, 0.15) is 5.69 Å². The molecule has 2 heterocycles. The fourth-order valence-electron chi connectivity index (χ4n) is 1.53. The van der Waals surface area contributed by atoms with Gasteiger partial charge in [0.05, 0.1) is 16.2 Å². The van der Waals surface area contributed by atoms with Crippen molar-refractivity contribution < 1.29 is 4.52 Å². The number of hydrogen-bond acceptors (Lipinski definition) is 4. The first-order valence-electron chi connectivity index (χ1n) is 5.13. The third kappa shape index (κ3) is 2.32. The van der Waals surface area contributed by atoms with Crippen molar-refractivity contribution in [2.75, 3.05) is 0 Å². The van der Waals surface area contributed by atoms with Crippen LogP contribution < -0.4 is 0 Å². The molecule has 0 aliphatic rings. The van der Waals surface area contributed by atoms with E-state index in [1.54, 1.807) is 18.2 Å². The minimum Gasteiger partial charge on any atom is -0.332 e. The molecule has 2 aromatic heterocycles. The predicted molar refractivity (Wildman–Crippen MR) is 72.3 cm³/mol. The Morgan fingerprint density at radius 3 is 2.63 bits per heavy atom. The first-order chi connectivity index (χ1) is 9.15. The van der Waals surface area contributed by atoms with Crippen molar-refractivity contribution in [1.29, 1.82) is 0 Å². The molecule has 0 aliphatic heterocycles. The van der Waals surface area contributed by atoms with Gasteiger partial charge in [-0.2, -0.15) is 10.1 Å². The monoisotopic (exact) mass is 314 g/mol. The molecule has 0 amide bonds. The van der Waals surface area contributed by atoms with Gasteiger partial charge in [-0.05, 0) is 18.2 Å². The number of aromatic amines is 1. The number of aromatic nitrogens is 4. The van der Waals surface area contributed by atoms with Crippen LogP contribution in [0.5, 0.6) is 0 Å². The van der Waals surface area contributed by atoms with E-state index in [4.69, 9.17) is 39.3 Å². The Labute approximate surface area is 122 Å². The van der Waals surface area contributed by atoms with Crippen molar-refractivity contribution in [1.82, 2.24) is 20.3 Å². The van der Waals surface area contributed by atoms with Crippen LogP contribution in [0, 0.1) is 0 Å². The zero-order valence-electron chi connectivity index (χ0n) is 9.19. The van der Waals surface area contributed by atoms with Crippen LogP contribution >= 0.6 is 34.8 Å². The molecule has 1 aromatic carbocycles. The molecule has 19 heavy (non-hydrogen) atoms. The molecule has 96 valence electrons. The lowest BCUT2D eigenvalue weighted by atomic mass is 10.2. The molecule has 3 aromatic rings. The van der Waals surface area contributed by atoms with Crippen LogP contribution in [0.25, 0.3) is 23.0 Å². The normalized spacial score (nSPS) is 10.9. The number of H-pyrrole nitrogens is 1. The Bertz CT molecular complexity index is 737. The molecular formula is C11H5Cl3N4O. The second kappa shape index (κ2) is 4.85. The number of rotatable bonds is 2. The van der Waals surface area contributed by atoms with Gasteiger partial charge in [0.2, 0.25) is 5.82 Å². The van der Waals surface area contributed by atoms with Gasteiger partial charge < -0.3 is 4.52 Å². The lowest BCUT2D eigenvalue weighted by molar-refractivity contribution is 0.431. The number of halogens is 3. The summed E-state index contributed by atoms with van der Waals surface area (Å²) in [7, 11) is 0. The summed E-state index contributed by atoms with van der Waals surface area (Å²) in [4.78, 5) is 4.21. The highest BCUT2D eigenvalue weighted by Gasteiger charge is 2.16. The Hall–Kier alpha value is -1.56. The Morgan fingerprint density at radius 2 is 1.95 bits per heavy atom. The van der Waals surface area contributed by atoms with Gasteiger partial charge in [-0.15, -0.1) is 0 Å². The van der Waals surface area contributed by atoms with Crippen LogP contribution in [-0.2, 0) is 0 Å². The highest BCUT2D eigenvalue weighted by atomic mass is 35.5. The maximum absolute atomic E-state index is 6.08. The quantitative estimate of drug-likeness (QED) is 0.773. The van der Waals surface area contributed by atoms with Crippen molar-refractivity contribution in [2.45, 2.75) is 0 Å². The van der Waals surface area contributed by atoms with Crippen LogP contribution in [0.4, 0.5) is 0 Å². The number of benzene rings is 1. The largest absolute Gasteiger partial charge is 0.332 e. The minimum atomic E-state index is 0.239. The van der Waals surface area contributed by atoms with E-state index in [1.807, 2.05) is 0 Å². The number of hydrogen-bond donors (Lipinski definition) is 1. The van der Waals surface area contributed by atoms with E-state index in [-0.39, 0.29) is 5.89 Å². The molecule has 0 radical (unpaired) electrons. The summed E-state index contributed by atoms with van der Waals surface area (Å²) in [5.41, 5.74) is 1.09. The molecular weight excluding hydrogens is 311 g/mol. The van der Waals surface area contributed by atoms with Crippen LogP contribution in [-0.4, -0.2) is 20.3 Å². The Balaban J connectivity index is 2.04. The van der Waals surface area contributed by atoms with E-state index >= 15 is 0 Å². The van der Waals surface area contributed by atoms with Crippen LogP contribution in [0.3, 0.4) is 0 Å². The number of nitrogens with zero attached hydrogens (tertiary/aromatic N) is 3. The Kier molecular flexibility index (Phi) is 3.18. The van der Waals surface area contributed by atoms with Crippen molar-refractivity contribution in [3.8, 4) is 23.0 Å². The van der Waals surface area contributed by atoms with E-state index in [1.165, 1.54) is 6.20 Å². The van der Waals surface area contributed by atoms with Crippen LogP contribution in [0.1, 0.15) is 0 Å². The fourth-order valence-corrected chi connectivity index (χ4v) is 2.19. The maximum Gasteiger partial charge on any atom is 0.277 e. The van der Waals surface area contributed by atoms with E-state index in [0.717, 1.165) is 0 Å². The van der Waals surface area contributed by atoms with Gasteiger partial charge in [-0.25, -0.2) is 0 Å². The van der Waals surface area contributed by atoms with Crippen molar-refractivity contribution in [3.05, 3.63) is 39.5 Å². The molecule has 0 spiro atoms. The van der Waals surface area contributed by atoms with Crippen LogP contribution in [0.2, 0.25) is 15.1 Å². The third-order valence-electron chi connectivity index (χ3n) is 2.41. The molecule has 0 unspecified atom stereocenters. The first kappa shape index (κ1) is 12.5. The summed E-state index contributed by atoms with van der Waals surface area (Å²) in [5, 5.41) is 11.7. The molecule has 3 rings (SSSR count). The topological polar surface area (TPSA) is 67.6 Å². The smallest absolute Gasteiger partial charge is 0.277 e. The zero-order valence-corrected chi connectivity index (χ0v) is 11.5. The standard InChI is InChI=1S/C11H5Cl3N4O/c12-5-1-2-6(7(13)3-5)10-16-11(19-18-10)9-8(14)4-15-17-9/h1-4H,(H,15,17). The summed E-state index contributed by atoms with van der Waals surface area (Å²) in [5.74, 6) is 0.589. The highest BCUT2D eigenvalue weighted by molar-refractivity contribution is 6.36. The molecule has 8 heteroatoms.